The van der Waals surface area contributed by atoms with Crippen molar-refractivity contribution in [2.45, 2.75) is 20.2 Å². The molecule has 4 nitrogen and oxygen atoms in total. The monoisotopic (exact) mass is 345 g/mol. The van der Waals surface area contributed by atoms with E-state index in [2.05, 4.69) is 19.7 Å². The van der Waals surface area contributed by atoms with Gasteiger partial charge in [0.2, 0.25) is 0 Å². The van der Waals surface area contributed by atoms with Gasteiger partial charge in [-0.3, -0.25) is 4.98 Å². The Morgan fingerprint density at radius 2 is 1.72 bits per heavy atom. The van der Waals surface area contributed by atoms with E-state index in [4.69, 9.17) is 0 Å². The van der Waals surface area contributed by atoms with Crippen LogP contribution in [-0.2, 0) is 0 Å². The molecule has 0 radical (unpaired) electrons. The molecule has 1 aromatic carbocycles. The Morgan fingerprint density at radius 1 is 0.920 bits per heavy atom. The largest absolute Gasteiger partial charge is 0.573 e. The zero-order valence-electron chi connectivity index (χ0n) is 13.5. The van der Waals surface area contributed by atoms with Crippen LogP contribution >= 0.6 is 0 Å². The van der Waals surface area contributed by atoms with Gasteiger partial charge in [0, 0.05) is 29.2 Å². The van der Waals surface area contributed by atoms with Gasteiger partial charge in [-0.25, -0.2) is 9.97 Å². The Hall–Kier alpha value is -2.96. The van der Waals surface area contributed by atoms with E-state index in [0.717, 1.165) is 5.69 Å². The Balaban J connectivity index is 2.18. The lowest BCUT2D eigenvalue weighted by molar-refractivity contribution is -0.274. The standard InChI is InChI=1S/C18H14F3N3O/c1-11-5-6-13(15(10-11)25-18(19,20)21)14-4-3-8-22-16(14)17-23-9-7-12(2)24-17/h3-10H,1-2H3. The van der Waals surface area contributed by atoms with E-state index >= 15 is 0 Å². The second kappa shape index (κ2) is 6.51. The SMILES string of the molecule is Cc1ccc(-c2cccnc2-c2nccc(C)n2)c(OC(F)(F)F)c1. The van der Waals surface area contributed by atoms with Gasteiger partial charge in [0.25, 0.3) is 0 Å². The Bertz CT molecular complexity index is 910. The number of alkyl halides is 3. The quantitative estimate of drug-likeness (QED) is 0.689. The van der Waals surface area contributed by atoms with Crippen LogP contribution in [0.2, 0.25) is 0 Å². The van der Waals surface area contributed by atoms with Crippen molar-refractivity contribution < 1.29 is 17.9 Å². The number of nitrogens with zero attached hydrogens (tertiary/aromatic N) is 3. The van der Waals surface area contributed by atoms with Crippen molar-refractivity contribution in [3.05, 3.63) is 60.0 Å². The Morgan fingerprint density at radius 3 is 2.44 bits per heavy atom. The summed E-state index contributed by atoms with van der Waals surface area (Å²) in [4.78, 5) is 12.8. The van der Waals surface area contributed by atoms with E-state index in [9.17, 15) is 13.2 Å². The molecule has 0 unspecified atom stereocenters. The van der Waals surface area contributed by atoms with Crippen molar-refractivity contribution in [2.24, 2.45) is 0 Å². The first-order valence-electron chi connectivity index (χ1n) is 7.45. The van der Waals surface area contributed by atoms with E-state index in [0.29, 0.717) is 22.6 Å². The molecule has 0 bridgehead atoms. The van der Waals surface area contributed by atoms with Gasteiger partial charge in [-0.05, 0) is 37.6 Å². The normalized spacial score (nSPS) is 11.4. The summed E-state index contributed by atoms with van der Waals surface area (Å²) in [5.74, 6) is 0.0588. The number of aromatic nitrogens is 3. The van der Waals surface area contributed by atoms with E-state index in [1.165, 1.54) is 6.07 Å². The summed E-state index contributed by atoms with van der Waals surface area (Å²) < 4.78 is 42.6. The topological polar surface area (TPSA) is 47.9 Å². The van der Waals surface area contributed by atoms with Crippen LogP contribution in [0.5, 0.6) is 5.75 Å². The van der Waals surface area contributed by atoms with Crippen molar-refractivity contribution in [1.82, 2.24) is 15.0 Å². The molecule has 3 rings (SSSR count). The maximum Gasteiger partial charge on any atom is 0.573 e. The highest BCUT2D eigenvalue weighted by Crippen LogP contribution is 2.38. The minimum atomic E-state index is -4.79. The van der Waals surface area contributed by atoms with Crippen LogP contribution in [0.4, 0.5) is 13.2 Å². The van der Waals surface area contributed by atoms with Gasteiger partial charge in [0.05, 0.1) is 0 Å². The first-order chi connectivity index (χ1) is 11.8. The molecule has 0 fully saturated rings. The number of pyridine rings is 1. The van der Waals surface area contributed by atoms with Crippen LogP contribution < -0.4 is 4.74 Å². The van der Waals surface area contributed by atoms with Crippen LogP contribution in [0.3, 0.4) is 0 Å². The average molecular weight is 345 g/mol. The molecule has 3 aromatic rings. The zero-order valence-corrected chi connectivity index (χ0v) is 13.5. The average Bonchev–Trinajstić information content (AvgIpc) is 2.53. The predicted molar refractivity (Wildman–Crippen MR) is 86.9 cm³/mol. The van der Waals surface area contributed by atoms with Gasteiger partial charge in [-0.2, -0.15) is 0 Å². The van der Waals surface area contributed by atoms with Gasteiger partial charge < -0.3 is 4.74 Å². The summed E-state index contributed by atoms with van der Waals surface area (Å²) in [7, 11) is 0. The number of rotatable bonds is 3. The molecule has 0 saturated carbocycles. The number of halogens is 3. The molecule has 0 amide bonds. The number of aryl methyl sites for hydroxylation is 2. The molecule has 0 saturated heterocycles. The summed E-state index contributed by atoms with van der Waals surface area (Å²) in [5.41, 5.74) is 2.52. The molecule has 2 aromatic heterocycles. The first kappa shape index (κ1) is 16.9. The summed E-state index contributed by atoms with van der Waals surface area (Å²) in [6, 6.07) is 9.68. The number of hydrogen-bond donors (Lipinski definition) is 0. The molecular formula is C18H14F3N3O. The van der Waals surface area contributed by atoms with E-state index in [-0.39, 0.29) is 11.3 Å². The third-order valence-electron chi connectivity index (χ3n) is 3.47. The molecule has 25 heavy (non-hydrogen) atoms. The molecule has 128 valence electrons. The van der Waals surface area contributed by atoms with E-state index < -0.39 is 6.36 Å². The van der Waals surface area contributed by atoms with Crippen LogP contribution in [0.1, 0.15) is 11.3 Å². The molecule has 0 atom stereocenters. The third-order valence-corrected chi connectivity index (χ3v) is 3.47. The van der Waals surface area contributed by atoms with Crippen molar-refractivity contribution in [3.63, 3.8) is 0 Å². The lowest BCUT2D eigenvalue weighted by atomic mass is 10.0. The maximum absolute atomic E-state index is 12.8. The van der Waals surface area contributed by atoms with Crippen LogP contribution in [0.25, 0.3) is 22.6 Å². The third kappa shape index (κ3) is 3.93. The minimum absolute atomic E-state index is 0.274. The second-order valence-corrected chi connectivity index (χ2v) is 5.47. The smallest absolute Gasteiger partial charge is 0.405 e. The second-order valence-electron chi connectivity index (χ2n) is 5.47. The van der Waals surface area contributed by atoms with Gasteiger partial charge in [-0.15, -0.1) is 13.2 Å². The number of benzene rings is 1. The van der Waals surface area contributed by atoms with Crippen molar-refractivity contribution in [2.75, 3.05) is 0 Å². The maximum atomic E-state index is 12.8. The van der Waals surface area contributed by atoms with Gasteiger partial charge in [-0.1, -0.05) is 18.2 Å². The number of ether oxygens (including phenoxy) is 1. The van der Waals surface area contributed by atoms with Crippen LogP contribution in [-0.4, -0.2) is 21.3 Å². The molecule has 0 aliphatic heterocycles. The summed E-state index contributed by atoms with van der Waals surface area (Å²) in [6.07, 6.45) is -1.66. The highest BCUT2D eigenvalue weighted by Gasteiger charge is 2.32. The van der Waals surface area contributed by atoms with E-state index in [1.54, 1.807) is 56.6 Å². The fourth-order valence-electron chi connectivity index (χ4n) is 2.43. The molecule has 0 aliphatic carbocycles. The summed E-state index contributed by atoms with van der Waals surface area (Å²) >= 11 is 0. The zero-order chi connectivity index (χ0) is 18.0. The molecular weight excluding hydrogens is 331 g/mol. The van der Waals surface area contributed by atoms with Crippen LogP contribution in [0.15, 0.2) is 48.8 Å². The Labute approximate surface area is 142 Å². The lowest BCUT2D eigenvalue weighted by Gasteiger charge is -2.15. The van der Waals surface area contributed by atoms with Gasteiger partial charge in [0.1, 0.15) is 11.4 Å². The fraction of sp³-hybridized carbons (Fsp3) is 0.167. The van der Waals surface area contributed by atoms with Crippen LogP contribution in [0, 0.1) is 13.8 Å². The van der Waals surface area contributed by atoms with Gasteiger partial charge in [0.15, 0.2) is 5.82 Å². The molecule has 0 N–H and O–H groups in total. The summed E-state index contributed by atoms with van der Waals surface area (Å²) in [5, 5.41) is 0. The molecule has 0 aliphatic rings. The van der Waals surface area contributed by atoms with Crippen molar-refractivity contribution >= 4 is 0 Å². The fourth-order valence-corrected chi connectivity index (χ4v) is 2.43. The lowest BCUT2D eigenvalue weighted by Crippen LogP contribution is -2.17. The van der Waals surface area contributed by atoms with E-state index in [1.807, 2.05) is 0 Å². The Kier molecular flexibility index (Phi) is 4.39. The predicted octanol–water partition coefficient (Wildman–Crippen LogP) is 4.72. The summed E-state index contributed by atoms with van der Waals surface area (Å²) in [6.45, 7) is 3.50. The first-order valence-corrected chi connectivity index (χ1v) is 7.45. The van der Waals surface area contributed by atoms with Crippen molar-refractivity contribution in [1.29, 1.82) is 0 Å². The molecule has 2 heterocycles. The van der Waals surface area contributed by atoms with Crippen molar-refractivity contribution in [3.8, 4) is 28.4 Å². The highest BCUT2D eigenvalue weighted by atomic mass is 19.4. The highest BCUT2D eigenvalue weighted by molar-refractivity contribution is 5.81. The molecule has 0 spiro atoms. The minimum Gasteiger partial charge on any atom is -0.405 e. The van der Waals surface area contributed by atoms with Gasteiger partial charge >= 0.3 is 6.36 Å². The number of hydrogen-bond acceptors (Lipinski definition) is 4. The molecule has 7 heteroatoms.